The Hall–Kier alpha value is -0.910. The predicted molar refractivity (Wildman–Crippen MR) is 79.6 cm³/mol. The van der Waals surface area contributed by atoms with Crippen molar-refractivity contribution in [1.82, 2.24) is 0 Å². The van der Waals surface area contributed by atoms with Gasteiger partial charge in [0, 0.05) is 19.6 Å². The number of hydrogen-bond donors (Lipinski definition) is 0. The Balaban J connectivity index is 2.78. The lowest BCUT2D eigenvalue weighted by molar-refractivity contribution is -0.136. The van der Waals surface area contributed by atoms with Crippen LogP contribution in [0, 0.1) is 13.8 Å². The molecule has 0 amide bonds. The second-order valence-electron chi connectivity index (χ2n) is 4.72. The van der Waals surface area contributed by atoms with E-state index in [-0.39, 0.29) is 5.75 Å². The molecule has 1 aromatic rings. The lowest BCUT2D eigenvalue weighted by Crippen LogP contribution is -2.22. The summed E-state index contributed by atoms with van der Waals surface area (Å²) in [5.74, 6) is 0.0293. The summed E-state index contributed by atoms with van der Waals surface area (Å²) in [6.45, 7) is 8.52. The van der Waals surface area contributed by atoms with Gasteiger partial charge in [0.05, 0.1) is 10.6 Å². The first-order valence-electron chi connectivity index (χ1n) is 6.94. The van der Waals surface area contributed by atoms with Gasteiger partial charge in [0.2, 0.25) is 0 Å². The van der Waals surface area contributed by atoms with E-state index in [4.69, 9.17) is 9.47 Å². The minimum absolute atomic E-state index is 0.0293. The first-order chi connectivity index (χ1) is 9.40. The van der Waals surface area contributed by atoms with E-state index in [9.17, 15) is 8.42 Å². The van der Waals surface area contributed by atoms with Crippen LogP contribution in [0.3, 0.4) is 0 Å². The van der Waals surface area contributed by atoms with E-state index in [1.54, 1.807) is 6.07 Å². The molecule has 0 unspecified atom stereocenters. The van der Waals surface area contributed by atoms with Crippen LogP contribution in [-0.4, -0.2) is 33.7 Å². The zero-order valence-electron chi connectivity index (χ0n) is 12.7. The molecular formula is C15H24O4S. The Bertz CT molecular complexity index is 517. The van der Waals surface area contributed by atoms with Gasteiger partial charge in [-0.1, -0.05) is 17.7 Å². The van der Waals surface area contributed by atoms with E-state index in [0.29, 0.717) is 24.5 Å². The SMILES string of the molecule is CCOC(CCS(=O)(=O)c1ccc(C)cc1C)OCC. The third-order valence-electron chi connectivity index (χ3n) is 2.99. The fourth-order valence-electron chi connectivity index (χ4n) is 2.10. The molecule has 0 saturated heterocycles. The second kappa shape index (κ2) is 7.76. The van der Waals surface area contributed by atoms with Crippen molar-refractivity contribution >= 4 is 9.84 Å². The van der Waals surface area contributed by atoms with Gasteiger partial charge in [-0.25, -0.2) is 8.42 Å². The van der Waals surface area contributed by atoms with Gasteiger partial charge in [0.25, 0.3) is 0 Å². The molecule has 114 valence electrons. The van der Waals surface area contributed by atoms with Crippen LogP contribution < -0.4 is 0 Å². The molecule has 0 aliphatic heterocycles. The highest BCUT2D eigenvalue weighted by atomic mass is 32.2. The van der Waals surface area contributed by atoms with Crippen LogP contribution in [0.25, 0.3) is 0 Å². The zero-order chi connectivity index (χ0) is 15.2. The zero-order valence-corrected chi connectivity index (χ0v) is 13.5. The average molecular weight is 300 g/mol. The fourth-order valence-corrected chi connectivity index (χ4v) is 3.64. The number of rotatable bonds is 8. The highest BCUT2D eigenvalue weighted by Crippen LogP contribution is 2.19. The van der Waals surface area contributed by atoms with Crippen LogP contribution in [-0.2, 0) is 19.3 Å². The maximum absolute atomic E-state index is 12.4. The molecule has 4 nitrogen and oxygen atoms in total. The third kappa shape index (κ3) is 4.89. The Morgan fingerprint density at radius 1 is 1.10 bits per heavy atom. The van der Waals surface area contributed by atoms with Gasteiger partial charge in [-0.15, -0.1) is 0 Å². The molecule has 1 rings (SSSR count). The minimum atomic E-state index is -3.30. The summed E-state index contributed by atoms with van der Waals surface area (Å²) in [5, 5.41) is 0. The standard InChI is InChI=1S/C15H24O4S/c1-5-18-15(19-6-2)9-10-20(16,17)14-8-7-12(3)11-13(14)4/h7-8,11,15H,5-6,9-10H2,1-4H3. The second-order valence-corrected chi connectivity index (χ2v) is 6.79. The molecule has 0 heterocycles. The van der Waals surface area contributed by atoms with Gasteiger partial charge in [-0.3, -0.25) is 0 Å². The van der Waals surface area contributed by atoms with Crippen LogP contribution in [0.4, 0.5) is 0 Å². The molecule has 20 heavy (non-hydrogen) atoms. The van der Waals surface area contributed by atoms with Crippen molar-refractivity contribution in [3.05, 3.63) is 29.3 Å². The number of sulfone groups is 1. The lowest BCUT2D eigenvalue weighted by Gasteiger charge is -2.17. The monoisotopic (exact) mass is 300 g/mol. The van der Waals surface area contributed by atoms with Crippen molar-refractivity contribution < 1.29 is 17.9 Å². The molecule has 1 aromatic carbocycles. The Kier molecular flexibility index (Phi) is 6.65. The normalized spacial score (nSPS) is 12.1. The van der Waals surface area contributed by atoms with Crippen molar-refractivity contribution in [2.75, 3.05) is 19.0 Å². The summed E-state index contributed by atoms with van der Waals surface area (Å²) in [4.78, 5) is 0.398. The van der Waals surface area contributed by atoms with Crippen molar-refractivity contribution in [2.45, 2.75) is 45.3 Å². The molecule has 0 aliphatic rings. The molecular weight excluding hydrogens is 276 g/mol. The maximum atomic E-state index is 12.4. The Morgan fingerprint density at radius 3 is 2.20 bits per heavy atom. The van der Waals surface area contributed by atoms with Crippen LogP contribution in [0.1, 0.15) is 31.4 Å². The van der Waals surface area contributed by atoms with Gasteiger partial charge in [0.15, 0.2) is 16.1 Å². The van der Waals surface area contributed by atoms with Crippen molar-refractivity contribution in [3.63, 3.8) is 0 Å². The molecule has 0 atom stereocenters. The van der Waals surface area contributed by atoms with Crippen LogP contribution in [0.2, 0.25) is 0 Å². The molecule has 0 spiro atoms. The summed E-state index contributed by atoms with van der Waals surface area (Å²) in [6.07, 6.45) is -0.109. The summed E-state index contributed by atoms with van der Waals surface area (Å²) in [6, 6.07) is 5.38. The summed E-state index contributed by atoms with van der Waals surface area (Å²) in [7, 11) is -3.30. The molecule has 0 N–H and O–H groups in total. The smallest absolute Gasteiger partial charge is 0.178 e. The van der Waals surface area contributed by atoms with E-state index in [2.05, 4.69) is 0 Å². The maximum Gasteiger partial charge on any atom is 0.178 e. The summed E-state index contributed by atoms with van der Waals surface area (Å²) >= 11 is 0. The van der Waals surface area contributed by atoms with Gasteiger partial charge in [-0.2, -0.15) is 0 Å². The van der Waals surface area contributed by atoms with Crippen LogP contribution in [0.5, 0.6) is 0 Å². The van der Waals surface area contributed by atoms with Gasteiger partial charge < -0.3 is 9.47 Å². The van der Waals surface area contributed by atoms with E-state index >= 15 is 0 Å². The minimum Gasteiger partial charge on any atom is -0.353 e. The molecule has 0 radical (unpaired) electrons. The first-order valence-corrected chi connectivity index (χ1v) is 8.59. The average Bonchev–Trinajstić information content (AvgIpc) is 2.36. The molecule has 0 aliphatic carbocycles. The van der Waals surface area contributed by atoms with Gasteiger partial charge >= 0.3 is 0 Å². The molecule has 0 aromatic heterocycles. The topological polar surface area (TPSA) is 52.6 Å². The number of aryl methyl sites for hydroxylation is 2. The fraction of sp³-hybridized carbons (Fsp3) is 0.600. The van der Waals surface area contributed by atoms with E-state index < -0.39 is 16.1 Å². The van der Waals surface area contributed by atoms with Crippen LogP contribution in [0.15, 0.2) is 23.1 Å². The number of ether oxygens (including phenoxy) is 2. The molecule has 0 saturated carbocycles. The number of hydrogen-bond acceptors (Lipinski definition) is 4. The molecule has 5 heteroatoms. The highest BCUT2D eigenvalue weighted by molar-refractivity contribution is 7.91. The van der Waals surface area contributed by atoms with E-state index in [0.717, 1.165) is 11.1 Å². The molecule has 0 fully saturated rings. The van der Waals surface area contributed by atoms with E-state index in [1.165, 1.54) is 0 Å². The predicted octanol–water partition coefficient (Wildman–Crippen LogP) is 2.87. The Labute approximate surface area is 122 Å². The highest BCUT2D eigenvalue weighted by Gasteiger charge is 2.20. The third-order valence-corrected chi connectivity index (χ3v) is 4.89. The van der Waals surface area contributed by atoms with E-state index in [1.807, 2.05) is 39.8 Å². The summed E-state index contributed by atoms with van der Waals surface area (Å²) in [5.41, 5.74) is 1.84. The van der Waals surface area contributed by atoms with Crippen molar-refractivity contribution in [2.24, 2.45) is 0 Å². The largest absolute Gasteiger partial charge is 0.353 e. The van der Waals surface area contributed by atoms with Crippen molar-refractivity contribution in [1.29, 1.82) is 0 Å². The number of benzene rings is 1. The van der Waals surface area contributed by atoms with Gasteiger partial charge in [-0.05, 0) is 39.3 Å². The van der Waals surface area contributed by atoms with Crippen molar-refractivity contribution in [3.8, 4) is 0 Å². The lowest BCUT2D eigenvalue weighted by atomic mass is 10.2. The van der Waals surface area contributed by atoms with Gasteiger partial charge in [0.1, 0.15) is 0 Å². The molecule has 0 bridgehead atoms. The Morgan fingerprint density at radius 2 is 1.70 bits per heavy atom. The van der Waals surface area contributed by atoms with Crippen LogP contribution >= 0.6 is 0 Å². The first kappa shape index (κ1) is 17.1. The quantitative estimate of drug-likeness (QED) is 0.693. The summed E-state index contributed by atoms with van der Waals surface area (Å²) < 4.78 is 35.5.